The van der Waals surface area contributed by atoms with Gasteiger partial charge in [-0.25, -0.2) is 0 Å². The second-order valence-electron chi connectivity index (χ2n) is 5.79. The SMILES string of the molecule is O=C(NC1CCCC1)C(Cl)c1ccc(C2CC2)cc1. The van der Waals surface area contributed by atoms with Gasteiger partial charge in [0.25, 0.3) is 0 Å². The summed E-state index contributed by atoms with van der Waals surface area (Å²) in [7, 11) is 0. The average Bonchev–Trinajstić information content (AvgIpc) is 3.17. The summed E-state index contributed by atoms with van der Waals surface area (Å²) in [5.74, 6) is 0.697. The van der Waals surface area contributed by atoms with Crippen LogP contribution >= 0.6 is 11.6 Å². The smallest absolute Gasteiger partial charge is 0.242 e. The van der Waals surface area contributed by atoms with Gasteiger partial charge in [-0.15, -0.1) is 11.6 Å². The molecule has 2 aliphatic carbocycles. The summed E-state index contributed by atoms with van der Waals surface area (Å²) in [5, 5.41) is 2.49. The van der Waals surface area contributed by atoms with Gasteiger partial charge in [0, 0.05) is 6.04 Å². The molecule has 0 aromatic heterocycles. The van der Waals surface area contributed by atoms with Crippen LogP contribution < -0.4 is 5.32 Å². The Morgan fingerprint density at radius 3 is 2.32 bits per heavy atom. The van der Waals surface area contributed by atoms with Gasteiger partial charge in [-0.1, -0.05) is 37.1 Å². The number of benzene rings is 1. The summed E-state index contributed by atoms with van der Waals surface area (Å²) in [6.45, 7) is 0. The van der Waals surface area contributed by atoms with E-state index in [1.54, 1.807) is 0 Å². The highest BCUT2D eigenvalue weighted by Gasteiger charge is 2.25. The van der Waals surface area contributed by atoms with Crippen molar-refractivity contribution in [1.82, 2.24) is 5.32 Å². The molecule has 2 nitrogen and oxygen atoms in total. The maximum Gasteiger partial charge on any atom is 0.242 e. The van der Waals surface area contributed by atoms with Gasteiger partial charge in [0.05, 0.1) is 0 Å². The van der Waals surface area contributed by atoms with E-state index in [0.29, 0.717) is 6.04 Å². The van der Waals surface area contributed by atoms with Gasteiger partial charge in [0.1, 0.15) is 5.38 Å². The summed E-state index contributed by atoms with van der Waals surface area (Å²) < 4.78 is 0. The number of nitrogens with one attached hydrogen (secondary N) is 1. The van der Waals surface area contributed by atoms with E-state index in [-0.39, 0.29) is 5.91 Å². The van der Waals surface area contributed by atoms with E-state index in [1.165, 1.54) is 31.2 Å². The minimum Gasteiger partial charge on any atom is -0.352 e. The molecule has 0 aliphatic heterocycles. The summed E-state index contributed by atoms with van der Waals surface area (Å²) >= 11 is 6.27. The van der Waals surface area contributed by atoms with E-state index in [0.717, 1.165) is 24.3 Å². The number of amides is 1. The molecule has 1 unspecified atom stereocenters. The first-order chi connectivity index (χ1) is 9.24. The first kappa shape index (κ1) is 13.0. The Balaban J connectivity index is 1.61. The lowest BCUT2D eigenvalue weighted by Gasteiger charge is -2.15. The molecular weight excluding hydrogens is 258 g/mol. The van der Waals surface area contributed by atoms with Crippen molar-refractivity contribution < 1.29 is 4.79 Å². The Labute approximate surface area is 119 Å². The van der Waals surface area contributed by atoms with Gasteiger partial charge in [0.2, 0.25) is 5.91 Å². The quantitative estimate of drug-likeness (QED) is 0.831. The second kappa shape index (κ2) is 5.54. The van der Waals surface area contributed by atoms with Crippen LogP contribution in [0, 0.1) is 0 Å². The van der Waals surface area contributed by atoms with E-state index in [4.69, 9.17) is 11.6 Å². The average molecular weight is 278 g/mol. The molecule has 2 saturated carbocycles. The minimum absolute atomic E-state index is 0.0484. The lowest BCUT2D eigenvalue weighted by molar-refractivity contribution is -0.121. The molecule has 0 bridgehead atoms. The molecule has 1 aromatic rings. The minimum atomic E-state index is -0.561. The van der Waals surface area contributed by atoms with Crippen LogP contribution in [0.15, 0.2) is 24.3 Å². The van der Waals surface area contributed by atoms with Crippen molar-refractivity contribution in [3.05, 3.63) is 35.4 Å². The molecule has 2 aliphatic rings. The van der Waals surface area contributed by atoms with E-state index in [1.807, 2.05) is 12.1 Å². The molecule has 1 aromatic carbocycles. The summed E-state index contributed by atoms with van der Waals surface area (Å²) in [4.78, 5) is 12.1. The zero-order valence-corrected chi connectivity index (χ0v) is 11.8. The van der Waals surface area contributed by atoms with Crippen molar-refractivity contribution in [3.8, 4) is 0 Å². The Morgan fingerprint density at radius 1 is 1.11 bits per heavy atom. The number of hydrogen-bond donors (Lipinski definition) is 1. The fraction of sp³-hybridized carbons (Fsp3) is 0.562. The third-order valence-electron chi connectivity index (χ3n) is 4.21. The summed E-state index contributed by atoms with van der Waals surface area (Å²) in [5.41, 5.74) is 2.28. The molecule has 1 N–H and O–H groups in total. The van der Waals surface area contributed by atoms with Gasteiger partial charge in [-0.2, -0.15) is 0 Å². The van der Waals surface area contributed by atoms with Gasteiger partial charge in [0.15, 0.2) is 0 Å². The van der Waals surface area contributed by atoms with E-state index in [9.17, 15) is 4.79 Å². The number of rotatable bonds is 4. The third kappa shape index (κ3) is 3.11. The Kier molecular flexibility index (Phi) is 3.79. The van der Waals surface area contributed by atoms with Crippen LogP contribution in [0.25, 0.3) is 0 Å². The van der Waals surface area contributed by atoms with Crippen LogP contribution in [0.1, 0.15) is 60.9 Å². The number of hydrogen-bond acceptors (Lipinski definition) is 1. The first-order valence-corrected chi connectivity index (χ1v) is 7.72. The van der Waals surface area contributed by atoms with Gasteiger partial charge < -0.3 is 5.32 Å². The zero-order chi connectivity index (χ0) is 13.2. The summed E-state index contributed by atoms with van der Waals surface area (Å²) in [6, 6.07) is 8.56. The molecular formula is C16H20ClNO. The van der Waals surface area contributed by atoms with E-state index < -0.39 is 5.38 Å². The number of carbonyl (C=O) groups is 1. The van der Waals surface area contributed by atoms with Crippen LogP contribution in [0.2, 0.25) is 0 Å². The molecule has 102 valence electrons. The van der Waals surface area contributed by atoms with Gasteiger partial charge in [-0.05, 0) is 42.7 Å². The predicted molar refractivity (Wildman–Crippen MR) is 77.4 cm³/mol. The normalized spacial score (nSPS) is 21.3. The lowest BCUT2D eigenvalue weighted by atomic mass is 10.1. The second-order valence-corrected chi connectivity index (χ2v) is 6.23. The maximum atomic E-state index is 12.1. The number of carbonyl (C=O) groups excluding carboxylic acids is 1. The zero-order valence-electron chi connectivity index (χ0n) is 11.1. The Morgan fingerprint density at radius 2 is 1.74 bits per heavy atom. The monoisotopic (exact) mass is 277 g/mol. The van der Waals surface area contributed by atoms with Crippen molar-refractivity contribution in [3.63, 3.8) is 0 Å². The molecule has 0 spiro atoms. The summed E-state index contributed by atoms with van der Waals surface area (Å²) in [6.07, 6.45) is 7.21. The first-order valence-electron chi connectivity index (χ1n) is 7.28. The largest absolute Gasteiger partial charge is 0.352 e. The molecule has 19 heavy (non-hydrogen) atoms. The maximum absolute atomic E-state index is 12.1. The standard InChI is InChI=1S/C16H20ClNO/c17-15(16(19)18-14-3-1-2-4-14)13-9-7-12(8-10-13)11-5-6-11/h7-11,14-15H,1-6H2,(H,18,19). The fourth-order valence-electron chi connectivity index (χ4n) is 2.85. The van der Waals surface area contributed by atoms with Crippen LogP contribution in [0.3, 0.4) is 0 Å². The molecule has 1 atom stereocenters. The third-order valence-corrected chi connectivity index (χ3v) is 4.66. The van der Waals surface area contributed by atoms with Crippen LogP contribution in [-0.2, 0) is 4.79 Å². The van der Waals surface area contributed by atoms with E-state index >= 15 is 0 Å². The van der Waals surface area contributed by atoms with Crippen molar-refractivity contribution in [2.75, 3.05) is 0 Å². The molecule has 3 rings (SSSR count). The highest BCUT2D eigenvalue weighted by Crippen LogP contribution is 2.40. The molecule has 0 radical (unpaired) electrons. The van der Waals surface area contributed by atoms with Crippen LogP contribution in [-0.4, -0.2) is 11.9 Å². The topological polar surface area (TPSA) is 29.1 Å². The highest BCUT2D eigenvalue weighted by atomic mass is 35.5. The van der Waals surface area contributed by atoms with Crippen LogP contribution in [0.5, 0.6) is 0 Å². The van der Waals surface area contributed by atoms with Crippen molar-refractivity contribution in [2.24, 2.45) is 0 Å². The lowest BCUT2D eigenvalue weighted by Crippen LogP contribution is -2.34. The van der Waals surface area contributed by atoms with Crippen LogP contribution in [0.4, 0.5) is 0 Å². The highest BCUT2D eigenvalue weighted by molar-refractivity contribution is 6.30. The number of alkyl halides is 1. The Bertz CT molecular complexity index is 446. The number of halogens is 1. The molecule has 2 fully saturated rings. The van der Waals surface area contributed by atoms with E-state index in [2.05, 4.69) is 17.4 Å². The predicted octanol–water partition coefficient (Wildman–Crippen LogP) is 3.90. The van der Waals surface area contributed by atoms with Gasteiger partial charge in [-0.3, -0.25) is 4.79 Å². The fourth-order valence-corrected chi connectivity index (χ4v) is 3.06. The molecule has 0 saturated heterocycles. The van der Waals surface area contributed by atoms with Crippen molar-refractivity contribution in [1.29, 1.82) is 0 Å². The van der Waals surface area contributed by atoms with Gasteiger partial charge >= 0.3 is 0 Å². The molecule has 3 heteroatoms. The van der Waals surface area contributed by atoms with Crippen molar-refractivity contribution in [2.45, 2.75) is 55.9 Å². The molecule has 1 amide bonds. The molecule has 0 heterocycles. The van der Waals surface area contributed by atoms with Crippen molar-refractivity contribution >= 4 is 17.5 Å². The Hall–Kier alpha value is -1.02.